The first kappa shape index (κ1) is 12.3. The first-order valence-corrected chi connectivity index (χ1v) is 6.58. The van der Waals surface area contributed by atoms with Crippen LogP contribution in [-0.2, 0) is 7.05 Å². The quantitative estimate of drug-likeness (QED) is 0.750. The lowest BCUT2D eigenvalue weighted by molar-refractivity contribution is 0.0749. The van der Waals surface area contributed by atoms with Crippen molar-refractivity contribution >= 4 is 5.78 Å². The number of ketones is 1. The molecule has 3 heteroatoms. The second kappa shape index (κ2) is 4.63. The van der Waals surface area contributed by atoms with Crippen molar-refractivity contribution in [1.82, 2.24) is 9.78 Å². The molecule has 1 aromatic heterocycles. The van der Waals surface area contributed by atoms with Crippen molar-refractivity contribution in [2.45, 2.75) is 46.0 Å². The molecule has 17 heavy (non-hydrogen) atoms. The van der Waals surface area contributed by atoms with Crippen LogP contribution >= 0.6 is 0 Å². The number of aromatic nitrogens is 2. The van der Waals surface area contributed by atoms with Gasteiger partial charge in [-0.2, -0.15) is 5.10 Å². The van der Waals surface area contributed by atoms with E-state index in [4.69, 9.17) is 0 Å². The number of hydrogen-bond acceptors (Lipinski definition) is 2. The van der Waals surface area contributed by atoms with Gasteiger partial charge in [-0.05, 0) is 31.2 Å². The zero-order valence-electron chi connectivity index (χ0n) is 11.1. The van der Waals surface area contributed by atoms with Gasteiger partial charge >= 0.3 is 0 Å². The number of aryl methyl sites for hydroxylation is 1. The lowest BCUT2D eigenvalue weighted by atomic mass is 9.74. The van der Waals surface area contributed by atoms with Gasteiger partial charge in [0.05, 0.1) is 0 Å². The number of hydrogen-bond donors (Lipinski definition) is 0. The van der Waals surface area contributed by atoms with E-state index in [9.17, 15) is 4.79 Å². The van der Waals surface area contributed by atoms with Gasteiger partial charge in [0.1, 0.15) is 5.69 Å². The van der Waals surface area contributed by atoms with Gasteiger partial charge in [0.2, 0.25) is 0 Å². The molecule has 0 saturated heterocycles. The molecule has 1 heterocycles. The highest BCUT2D eigenvalue weighted by atomic mass is 16.1. The summed E-state index contributed by atoms with van der Waals surface area (Å²) in [5.74, 6) is 0.883. The molecule has 1 saturated carbocycles. The van der Waals surface area contributed by atoms with Crippen molar-refractivity contribution in [1.29, 1.82) is 0 Å². The average molecular weight is 234 g/mol. The fraction of sp³-hybridized carbons (Fsp3) is 0.714. The largest absolute Gasteiger partial charge is 0.292 e. The number of nitrogens with zero attached hydrogens (tertiary/aromatic N) is 2. The smallest absolute Gasteiger partial charge is 0.186 e. The minimum absolute atomic E-state index is 0.109. The van der Waals surface area contributed by atoms with E-state index in [0.29, 0.717) is 11.7 Å². The molecule has 0 radical (unpaired) electrons. The van der Waals surface area contributed by atoms with Crippen molar-refractivity contribution in [3.05, 3.63) is 18.0 Å². The number of carbonyl (C=O) groups excluding carboxylic acids is 1. The summed E-state index contributed by atoms with van der Waals surface area (Å²) in [6.45, 7) is 4.41. The minimum atomic E-state index is -0.109. The molecule has 0 spiro atoms. The van der Waals surface area contributed by atoms with E-state index in [1.807, 2.05) is 13.1 Å². The van der Waals surface area contributed by atoms with Crippen molar-refractivity contribution in [3.63, 3.8) is 0 Å². The van der Waals surface area contributed by atoms with Gasteiger partial charge in [-0.3, -0.25) is 9.48 Å². The standard InChI is InChI=1S/C14H22N2O/c1-11(2)10-14(7-4-5-8-14)13(17)12-6-9-15-16(12)3/h6,9,11H,4-5,7-8,10H2,1-3H3. The van der Waals surface area contributed by atoms with E-state index in [0.717, 1.165) is 25.0 Å². The molecule has 0 bridgehead atoms. The zero-order chi connectivity index (χ0) is 12.5. The minimum Gasteiger partial charge on any atom is -0.292 e. The van der Waals surface area contributed by atoms with E-state index in [-0.39, 0.29) is 5.41 Å². The second-order valence-electron chi connectivity index (χ2n) is 5.75. The molecule has 1 aliphatic carbocycles. The molecule has 1 aromatic rings. The van der Waals surface area contributed by atoms with Gasteiger partial charge in [0.15, 0.2) is 5.78 Å². The Morgan fingerprint density at radius 3 is 2.59 bits per heavy atom. The van der Waals surface area contributed by atoms with Crippen LogP contribution in [0.3, 0.4) is 0 Å². The first-order valence-electron chi connectivity index (χ1n) is 6.58. The Balaban J connectivity index is 2.28. The third kappa shape index (κ3) is 2.28. The molecular formula is C14H22N2O. The fourth-order valence-electron chi connectivity index (χ4n) is 3.23. The Kier molecular flexibility index (Phi) is 3.36. The lowest BCUT2D eigenvalue weighted by Crippen LogP contribution is -2.31. The van der Waals surface area contributed by atoms with E-state index in [1.165, 1.54) is 12.8 Å². The SMILES string of the molecule is CC(C)CC1(C(=O)c2ccnn2C)CCCC1. The molecule has 0 unspecified atom stereocenters. The Hall–Kier alpha value is -1.12. The Labute approximate surface area is 103 Å². The summed E-state index contributed by atoms with van der Waals surface area (Å²) in [4.78, 5) is 12.7. The van der Waals surface area contributed by atoms with Gasteiger partial charge in [-0.25, -0.2) is 0 Å². The summed E-state index contributed by atoms with van der Waals surface area (Å²) in [6, 6.07) is 1.85. The van der Waals surface area contributed by atoms with Gasteiger partial charge in [-0.15, -0.1) is 0 Å². The molecule has 94 valence electrons. The van der Waals surface area contributed by atoms with Crippen LogP contribution in [0.5, 0.6) is 0 Å². The predicted octanol–water partition coefficient (Wildman–Crippen LogP) is 3.21. The maximum absolute atomic E-state index is 12.7. The molecule has 0 N–H and O–H groups in total. The van der Waals surface area contributed by atoms with Gasteiger partial charge in [0.25, 0.3) is 0 Å². The summed E-state index contributed by atoms with van der Waals surface area (Å²) in [6.07, 6.45) is 7.21. The van der Waals surface area contributed by atoms with Gasteiger partial charge < -0.3 is 0 Å². The summed E-state index contributed by atoms with van der Waals surface area (Å²) in [5, 5.41) is 4.12. The highest BCUT2D eigenvalue weighted by Gasteiger charge is 2.42. The van der Waals surface area contributed by atoms with Crippen LogP contribution in [0.15, 0.2) is 12.3 Å². The number of rotatable bonds is 4. The third-order valence-electron chi connectivity index (χ3n) is 3.89. The summed E-state index contributed by atoms with van der Waals surface area (Å²) >= 11 is 0. The molecule has 0 atom stereocenters. The van der Waals surface area contributed by atoms with Crippen LogP contribution in [0.2, 0.25) is 0 Å². The monoisotopic (exact) mass is 234 g/mol. The molecular weight excluding hydrogens is 212 g/mol. The van der Waals surface area contributed by atoms with E-state index >= 15 is 0 Å². The topological polar surface area (TPSA) is 34.9 Å². The maximum atomic E-state index is 12.7. The van der Waals surface area contributed by atoms with Crippen LogP contribution in [0.4, 0.5) is 0 Å². The van der Waals surface area contributed by atoms with Gasteiger partial charge in [0, 0.05) is 18.7 Å². The highest BCUT2D eigenvalue weighted by molar-refractivity contribution is 5.99. The fourth-order valence-corrected chi connectivity index (χ4v) is 3.23. The molecule has 0 aliphatic heterocycles. The maximum Gasteiger partial charge on any atom is 0.186 e. The van der Waals surface area contributed by atoms with E-state index in [1.54, 1.807) is 10.9 Å². The predicted molar refractivity (Wildman–Crippen MR) is 67.9 cm³/mol. The molecule has 3 nitrogen and oxygen atoms in total. The van der Waals surface area contributed by atoms with E-state index in [2.05, 4.69) is 18.9 Å². The summed E-state index contributed by atoms with van der Waals surface area (Å²) < 4.78 is 1.71. The molecule has 0 aromatic carbocycles. The number of Topliss-reactive ketones (excluding diaryl/α,β-unsaturated/α-hetero) is 1. The normalized spacial score (nSPS) is 18.8. The average Bonchev–Trinajstić information content (AvgIpc) is 2.86. The van der Waals surface area contributed by atoms with Crippen molar-refractivity contribution in [2.75, 3.05) is 0 Å². The summed E-state index contributed by atoms with van der Waals surface area (Å²) in [7, 11) is 1.85. The van der Waals surface area contributed by atoms with Crippen LogP contribution in [-0.4, -0.2) is 15.6 Å². The van der Waals surface area contributed by atoms with Gasteiger partial charge in [-0.1, -0.05) is 26.7 Å². The Morgan fingerprint density at radius 2 is 2.12 bits per heavy atom. The van der Waals surface area contributed by atoms with Crippen molar-refractivity contribution in [3.8, 4) is 0 Å². The molecule has 1 aliphatic rings. The Bertz CT molecular complexity index is 400. The highest BCUT2D eigenvalue weighted by Crippen LogP contribution is 2.45. The first-order chi connectivity index (χ1) is 8.05. The zero-order valence-corrected chi connectivity index (χ0v) is 11.1. The Morgan fingerprint density at radius 1 is 1.47 bits per heavy atom. The molecule has 0 amide bonds. The second-order valence-corrected chi connectivity index (χ2v) is 5.75. The van der Waals surface area contributed by atoms with Crippen LogP contribution in [0, 0.1) is 11.3 Å². The van der Waals surface area contributed by atoms with Crippen LogP contribution in [0.25, 0.3) is 0 Å². The summed E-state index contributed by atoms with van der Waals surface area (Å²) in [5.41, 5.74) is 0.662. The lowest BCUT2D eigenvalue weighted by Gasteiger charge is -2.29. The van der Waals surface area contributed by atoms with E-state index < -0.39 is 0 Å². The van der Waals surface area contributed by atoms with Crippen molar-refractivity contribution < 1.29 is 4.79 Å². The van der Waals surface area contributed by atoms with Crippen LogP contribution < -0.4 is 0 Å². The third-order valence-corrected chi connectivity index (χ3v) is 3.89. The van der Waals surface area contributed by atoms with Crippen molar-refractivity contribution in [2.24, 2.45) is 18.4 Å². The number of carbonyl (C=O) groups is 1. The molecule has 1 fully saturated rings. The molecule has 2 rings (SSSR count). The van der Waals surface area contributed by atoms with Crippen LogP contribution in [0.1, 0.15) is 56.4 Å².